The maximum atomic E-state index is 11.3. The summed E-state index contributed by atoms with van der Waals surface area (Å²) in [5.41, 5.74) is 2.26. The number of aromatic amines is 1. The molecule has 0 saturated heterocycles. The van der Waals surface area contributed by atoms with Crippen molar-refractivity contribution in [3.63, 3.8) is 0 Å². The van der Waals surface area contributed by atoms with Crippen molar-refractivity contribution in [2.75, 3.05) is 12.4 Å². The van der Waals surface area contributed by atoms with E-state index in [1.165, 1.54) is 0 Å². The average Bonchev–Trinajstić information content (AvgIpc) is 2.91. The van der Waals surface area contributed by atoms with Gasteiger partial charge in [-0.2, -0.15) is 0 Å². The molecule has 0 bridgehead atoms. The van der Waals surface area contributed by atoms with E-state index in [0.29, 0.717) is 10.7 Å². The molecule has 2 aromatic rings. The van der Waals surface area contributed by atoms with Gasteiger partial charge in [-0.1, -0.05) is 25.4 Å². The van der Waals surface area contributed by atoms with Crippen LogP contribution in [0.5, 0.6) is 0 Å². The predicted molar refractivity (Wildman–Crippen MR) is 80.3 cm³/mol. The van der Waals surface area contributed by atoms with E-state index >= 15 is 0 Å². The Bertz CT molecular complexity index is 520. The van der Waals surface area contributed by atoms with Crippen molar-refractivity contribution >= 4 is 28.9 Å². The van der Waals surface area contributed by atoms with Gasteiger partial charge in [-0.25, -0.2) is 0 Å². The first kappa shape index (κ1) is 15.1. The molecule has 3 N–H and O–H groups in total. The van der Waals surface area contributed by atoms with Crippen molar-refractivity contribution in [2.45, 2.75) is 13.8 Å². The molecule has 0 unspecified atom stereocenters. The lowest BCUT2D eigenvalue weighted by molar-refractivity contribution is 0.0959. The van der Waals surface area contributed by atoms with E-state index in [-0.39, 0.29) is 5.91 Å². The Hall–Kier alpha value is -1.94. The van der Waals surface area contributed by atoms with Crippen LogP contribution in [0.4, 0.5) is 11.4 Å². The average molecular weight is 280 g/mol. The highest BCUT2D eigenvalue weighted by Gasteiger charge is 2.05. The zero-order chi connectivity index (χ0) is 14.3. The number of benzene rings is 1. The summed E-state index contributed by atoms with van der Waals surface area (Å²) in [5.74, 6) is -0.144. The van der Waals surface area contributed by atoms with E-state index < -0.39 is 0 Å². The van der Waals surface area contributed by atoms with Gasteiger partial charge in [-0.15, -0.1) is 0 Å². The number of hydrogen-bond acceptors (Lipinski definition) is 2. The summed E-state index contributed by atoms with van der Waals surface area (Å²) in [6, 6.07) is 9.09. The van der Waals surface area contributed by atoms with Crippen LogP contribution in [0.25, 0.3) is 0 Å². The molecule has 1 aromatic heterocycles. The lowest BCUT2D eigenvalue weighted by Gasteiger charge is -2.02. The summed E-state index contributed by atoms with van der Waals surface area (Å²) < 4.78 is 0. The van der Waals surface area contributed by atoms with E-state index in [0.717, 1.165) is 11.4 Å². The monoisotopic (exact) mass is 279 g/mol. The van der Waals surface area contributed by atoms with Gasteiger partial charge in [-0.05, 0) is 30.3 Å². The fourth-order valence-corrected chi connectivity index (χ4v) is 1.56. The Morgan fingerprint density at radius 2 is 1.79 bits per heavy atom. The number of carbonyl (C=O) groups is 1. The number of nitrogens with one attached hydrogen (secondary N) is 3. The van der Waals surface area contributed by atoms with E-state index in [2.05, 4.69) is 15.6 Å². The van der Waals surface area contributed by atoms with E-state index in [1.807, 2.05) is 26.0 Å². The van der Waals surface area contributed by atoms with Gasteiger partial charge in [0.2, 0.25) is 0 Å². The molecule has 0 atom stereocenters. The normalized spacial score (nSPS) is 9.26. The zero-order valence-electron chi connectivity index (χ0n) is 11.3. The maximum Gasteiger partial charge on any atom is 0.267 e. The Labute approximate surface area is 118 Å². The number of H-pyrrole nitrogens is 1. The summed E-state index contributed by atoms with van der Waals surface area (Å²) in [4.78, 5) is 14.2. The van der Waals surface area contributed by atoms with Crippen LogP contribution in [-0.2, 0) is 0 Å². The molecule has 19 heavy (non-hydrogen) atoms. The number of amides is 1. The zero-order valence-corrected chi connectivity index (χ0v) is 12.0. The molecule has 1 amide bonds. The van der Waals surface area contributed by atoms with Crippen LogP contribution < -0.4 is 10.6 Å². The van der Waals surface area contributed by atoms with Gasteiger partial charge in [-0.3, -0.25) is 4.79 Å². The van der Waals surface area contributed by atoms with E-state index in [1.54, 1.807) is 31.4 Å². The third-order valence-corrected chi connectivity index (χ3v) is 2.54. The molecule has 1 aromatic carbocycles. The Balaban J connectivity index is 0.000000861. The smallest absolute Gasteiger partial charge is 0.267 e. The minimum absolute atomic E-state index is 0.144. The summed E-state index contributed by atoms with van der Waals surface area (Å²) in [7, 11) is 1.59. The fourth-order valence-electron chi connectivity index (χ4n) is 1.43. The molecule has 4 nitrogen and oxygen atoms in total. The lowest BCUT2D eigenvalue weighted by Crippen LogP contribution is -2.17. The van der Waals surface area contributed by atoms with Crippen molar-refractivity contribution in [3.05, 3.63) is 47.2 Å². The molecule has 0 aliphatic carbocycles. The highest BCUT2D eigenvalue weighted by atomic mass is 35.5. The van der Waals surface area contributed by atoms with Gasteiger partial charge < -0.3 is 15.6 Å². The second-order valence-corrected chi connectivity index (χ2v) is 3.95. The van der Waals surface area contributed by atoms with Crippen LogP contribution in [0, 0.1) is 0 Å². The minimum atomic E-state index is -0.144. The minimum Gasteiger partial charge on any atom is -0.355 e. The number of halogens is 1. The van der Waals surface area contributed by atoms with Gasteiger partial charge in [0.05, 0.1) is 5.69 Å². The second-order valence-electron chi connectivity index (χ2n) is 3.51. The van der Waals surface area contributed by atoms with Crippen molar-refractivity contribution in [2.24, 2.45) is 0 Å². The van der Waals surface area contributed by atoms with Crippen molar-refractivity contribution < 1.29 is 4.79 Å². The number of carbonyl (C=O) groups excluding carboxylic acids is 1. The van der Waals surface area contributed by atoms with Crippen molar-refractivity contribution in [3.8, 4) is 0 Å². The molecule has 0 aliphatic heterocycles. The predicted octanol–water partition coefficient (Wildman–Crippen LogP) is 3.80. The van der Waals surface area contributed by atoms with E-state index in [4.69, 9.17) is 11.6 Å². The molecule has 0 fully saturated rings. The second kappa shape index (κ2) is 7.48. The fraction of sp³-hybridized carbons (Fsp3) is 0.214. The Kier molecular flexibility index (Phi) is 5.96. The Morgan fingerprint density at radius 3 is 2.37 bits per heavy atom. The van der Waals surface area contributed by atoms with Crippen LogP contribution in [0.2, 0.25) is 5.02 Å². The number of aromatic nitrogens is 1. The first-order valence-electron chi connectivity index (χ1n) is 6.12. The molecule has 2 rings (SSSR count). The maximum absolute atomic E-state index is 11.3. The molecule has 0 radical (unpaired) electrons. The quantitative estimate of drug-likeness (QED) is 0.800. The summed E-state index contributed by atoms with van der Waals surface area (Å²) in [6.07, 6.45) is 1.74. The SMILES string of the molecule is CC.CNC(=O)c1cc(Nc2ccc(Cl)cc2)c[nH]1. The van der Waals surface area contributed by atoms with Crippen LogP contribution in [0.15, 0.2) is 36.5 Å². The van der Waals surface area contributed by atoms with Gasteiger partial charge >= 0.3 is 0 Å². The third kappa shape index (κ3) is 4.34. The molecule has 0 spiro atoms. The topological polar surface area (TPSA) is 56.9 Å². The van der Waals surface area contributed by atoms with Gasteiger partial charge in [0.1, 0.15) is 5.69 Å². The van der Waals surface area contributed by atoms with E-state index in [9.17, 15) is 4.79 Å². The first-order chi connectivity index (χ1) is 9.19. The third-order valence-electron chi connectivity index (χ3n) is 2.29. The van der Waals surface area contributed by atoms with Crippen LogP contribution >= 0.6 is 11.6 Å². The highest BCUT2D eigenvalue weighted by Crippen LogP contribution is 2.19. The lowest BCUT2D eigenvalue weighted by atomic mass is 10.3. The van der Waals surface area contributed by atoms with Crippen molar-refractivity contribution in [1.29, 1.82) is 0 Å². The summed E-state index contributed by atoms with van der Waals surface area (Å²) in [5, 5.41) is 6.40. The number of rotatable bonds is 3. The van der Waals surface area contributed by atoms with Crippen LogP contribution in [0.3, 0.4) is 0 Å². The molecule has 0 aliphatic rings. The van der Waals surface area contributed by atoms with Crippen molar-refractivity contribution in [1.82, 2.24) is 10.3 Å². The summed E-state index contributed by atoms with van der Waals surface area (Å²) in [6.45, 7) is 4.00. The molecular formula is C14H18ClN3O. The summed E-state index contributed by atoms with van der Waals surface area (Å²) >= 11 is 5.79. The molecule has 1 heterocycles. The molecule has 5 heteroatoms. The molecule has 0 saturated carbocycles. The molecule has 102 valence electrons. The number of hydrogen-bond donors (Lipinski definition) is 3. The number of anilines is 2. The largest absolute Gasteiger partial charge is 0.355 e. The Morgan fingerprint density at radius 1 is 1.16 bits per heavy atom. The van der Waals surface area contributed by atoms with Gasteiger partial charge in [0, 0.05) is 24.0 Å². The first-order valence-corrected chi connectivity index (χ1v) is 6.50. The van der Waals surface area contributed by atoms with Crippen LogP contribution in [0.1, 0.15) is 24.3 Å². The standard InChI is InChI=1S/C12H12ClN3O.C2H6/c1-14-12(17)11-6-10(7-15-11)16-9-4-2-8(13)3-5-9;1-2/h2-7,15-16H,1H3,(H,14,17);1-2H3. The van der Waals surface area contributed by atoms with Gasteiger partial charge in [0.15, 0.2) is 0 Å². The van der Waals surface area contributed by atoms with Crippen LogP contribution in [-0.4, -0.2) is 17.9 Å². The highest BCUT2D eigenvalue weighted by molar-refractivity contribution is 6.30. The van der Waals surface area contributed by atoms with Gasteiger partial charge in [0.25, 0.3) is 5.91 Å². The molecular weight excluding hydrogens is 262 g/mol.